The molecule has 106 valence electrons. The van der Waals surface area contributed by atoms with E-state index in [-0.39, 0.29) is 5.82 Å². The molecular formula is C16H13BrFN3. The van der Waals surface area contributed by atoms with Crippen LogP contribution in [0.3, 0.4) is 0 Å². The van der Waals surface area contributed by atoms with E-state index in [1.165, 1.54) is 12.1 Å². The average Bonchev–Trinajstić information content (AvgIpc) is 2.46. The van der Waals surface area contributed by atoms with Crippen molar-refractivity contribution in [3.63, 3.8) is 0 Å². The summed E-state index contributed by atoms with van der Waals surface area (Å²) in [4.78, 5) is 4.41. The number of benzene rings is 2. The highest BCUT2D eigenvalue weighted by atomic mass is 79.9. The van der Waals surface area contributed by atoms with Crippen molar-refractivity contribution in [3.05, 3.63) is 58.4 Å². The molecule has 5 heteroatoms. The van der Waals surface area contributed by atoms with Crippen molar-refractivity contribution in [2.45, 2.75) is 6.92 Å². The van der Waals surface area contributed by atoms with Crippen LogP contribution in [0.25, 0.3) is 10.9 Å². The zero-order valence-electron chi connectivity index (χ0n) is 11.3. The van der Waals surface area contributed by atoms with Gasteiger partial charge in [-0.1, -0.05) is 6.07 Å². The van der Waals surface area contributed by atoms with Crippen LogP contribution in [0, 0.1) is 12.7 Å². The van der Waals surface area contributed by atoms with Gasteiger partial charge in [-0.05, 0) is 58.7 Å². The molecule has 0 aliphatic rings. The maximum atomic E-state index is 13.4. The van der Waals surface area contributed by atoms with E-state index in [0.29, 0.717) is 11.4 Å². The number of anilines is 3. The van der Waals surface area contributed by atoms with Crippen molar-refractivity contribution >= 4 is 43.9 Å². The van der Waals surface area contributed by atoms with Crippen molar-refractivity contribution in [3.8, 4) is 0 Å². The smallest absolute Gasteiger partial charge is 0.125 e. The fourth-order valence-corrected chi connectivity index (χ4v) is 2.52. The van der Waals surface area contributed by atoms with Crippen molar-refractivity contribution in [2.75, 3.05) is 11.1 Å². The molecule has 3 rings (SSSR count). The minimum atomic E-state index is -0.279. The number of nitrogen functional groups attached to an aromatic ring is 1. The van der Waals surface area contributed by atoms with Gasteiger partial charge in [0.15, 0.2) is 0 Å². The number of aryl methyl sites for hydroxylation is 1. The highest BCUT2D eigenvalue weighted by Crippen LogP contribution is 2.31. The summed E-state index contributed by atoms with van der Waals surface area (Å²) in [5, 5.41) is 4.08. The van der Waals surface area contributed by atoms with Crippen LogP contribution in [0.1, 0.15) is 5.56 Å². The molecule has 0 aliphatic carbocycles. The second-order valence-electron chi connectivity index (χ2n) is 4.84. The van der Waals surface area contributed by atoms with E-state index in [2.05, 4.69) is 26.2 Å². The third kappa shape index (κ3) is 2.69. The van der Waals surface area contributed by atoms with Gasteiger partial charge in [-0.15, -0.1) is 0 Å². The highest BCUT2D eigenvalue weighted by Gasteiger charge is 2.08. The number of aromatic nitrogens is 1. The number of pyridine rings is 1. The summed E-state index contributed by atoms with van der Waals surface area (Å²) in [5.74, 6) is -0.279. The summed E-state index contributed by atoms with van der Waals surface area (Å²) in [5.41, 5.74) is 9.86. The van der Waals surface area contributed by atoms with Crippen molar-refractivity contribution in [2.24, 2.45) is 0 Å². The fourth-order valence-electron chi connectivity index (χ4n) is 2.19. The molecule has 3 aromatic rings. The van der Waals surface area contributed by atoms with Crippen LogP contribution in [0.15, 0.2) is 47.1 Å². The maximum absolute atomic E-state index is 13.4. The summed E-state index contributed by atoms with van der Waals surface area (Å²) >= 11 is 3.39. The molecule has 1 heterocycles. The monoisotopic (exact) mass is 345 g/mol. The number of rotatable bonds is 2. The van der Waals surface area contributed by atoms with Crippen molar-refractivity contribution in [1.29, 1.82) is 0 Å². The van der Waals surface area contributed by atoms with Gasteiger partial charge in [0.05, 0.1) is 11.2 Å². The lowest BCUT2D eigenvalue weighted by atomic mass is 10.1. The Kier molecular flexibility index (Phi) is 3.51. The molecule has 0 unspecified atom stereocenters. The zero-order chi connectivity index (χ0) is 15.0. The fraction of sp³-hybridized carbons (Fsp3) is 0.0625. The van der Waals surface area contributed by atoms with E-state index in [4.69, 9.17) is 5.73 Å². The van der Waals surface area contributed by atoms with Crippen LogP contribution in [0.5, 0.6) is 0 Å². The molecule has 0 amide bonds. The molecule has 3 N–H and O–H groups in total. The van der Waals surface area contributed by atoms with E-state index in [9.17, 15) is 4.39 Å². The lowest BCUT2D eigenvalue weighted by molar-refractivity contribution is 0.628. The minimum absolute atomic E-state index is 0.279. The van der Waals surface area contributed by atoms with Crippen molar-refractivity contribution < 1.29 is 4.39 Å². The SMILES string of the molecule is Cc1ccc(F)cc1Nc1ccc(N)c2cc(Br)cnc12. The Morgan fingerprint density at radius 3 is 2.76 bits per heavy atom. The van der Waals surface area contributed by atoms with Gasteiger partial charge in [-0.25, -0.2) is 4.39 Å². The van der Waals surface area contributed by atoms with Crippen LogP contribution in [-0.4, -0.2) is 4.98 Å². The normalized spacial score (nSPS) is 10.8. The van der Waals surface area contributed by atoms with E-state index in [0.717, 1.165) is 26.6 Å². The average molecular weight is 346 g/mol. The minimum Gasteiger partial charge on any atom is -0.398 e. The van der Waals surface area contributed by atoms with Gasteiger partial charge < -0.3 is 11.1 Å². The maximum Gasteiger partial charge on any atom is 0.125 e. The molecule has 0 aliphatic heterocycles. The Morgan fingerprint density at radius 1 is 1.14 bits per heavy atom. The van der Waals surface area contributed by atoms with Crippen molar-refractivity contribution in [1.82, 2.24) is 4.98 Å². The third-order valence-electron chi connectivity index (χ3n) is 3.32. The number of nitrogens with zero attached hydrogens (tertiary/aromatic N) is 1. The summed E-state index contributed by atoms with van der Waals surface area (Å²) in [7, 11) is 0. The molecule has 0 fully saturated rings. The summed E-state index contributed by atoms with van der Waals surface area (Å²) in [6.07, 6.45) is 1.71. The number of fused-ring (bicyclic) bond motifs is 1. The number of halogens is 2. The summed E-state index contributed by atoms with van der Waals surface area (Å²) in [6.45, 7) is 1.92. The van der Waals surface area contributed by atoms with Gasteiger partial charge in [0.2, 0.25) is 0 Å². The molecule has 0 atom stereocenters. The zero-order valence-corrected chi connectivity index (χ0v) is 12.9. The predicted molar refractivity (Wildman–Crippen MR) is 88.3 cm³/mol. The Balaban J connectivity index is 2.13. The standard InChI is InChI=1S/C16H13BrFN3/c1-9-2-3-11(18)7-15(9)21-14-5-4-13(19)12-6-10(17)8-20-16(12)14/h2-8,21H,19H2,1H3. The Labute approximate surface area is 130 Å². The van der Waals surface area contributed by atoms with Crippen LogP contribution >= 0.6 is 15.9 Å². The molecular weight excluding hydrogens is 333 g/mol. The second kappa shape index (κ2) is 5.33. The van der Waals surface area contributed by atoms with Crippen LogP contribution in [0.2, 0.25) is 0 Å². The lowest BCUT2D eigenvalue weighted by Gasteiger charge is -2.13. The van der Waals surface area contributed by atoms with Crippen LogP contribution in [0.4, 0.5) is 21.5 Å². The predicted octanol–water partition coefficient (Wildman–Crippen LogP) is 4.77. The van der Waals surface area contributed by atoms with Gasteiger partial charge in [0, 0.05) is 27.4 Å². The molecule has 0 saturated carbocycles. The van der Waals surface area contributed by atoms with Crippen LogP contribution < -0.4 is 11.1 Å². The molecule has 0 bridgehead atoms. The number of nitrogens with one attached hydrogen (secondary N) is 1. The Hall–Kier alpha value is -2.14. The first-order valence-corrected chi connectivity index (χ1v) is 7.21. The van der Waals surface area contributed by atoms with Gasteiger partial charge in [0.1, 0.15) is 5.82 Å². The highest BCUT2D eigenvalue weighted by molar-refractivity contribution is 9.10. The topological polar surface area (TPSA) is 50.9 Å². The number of hydrogen-bond acceptors (Lipinski definition) is 3. The molecule has 0 spiro atoms. The second-order valence-corrected chi connectivity index (χ2v) is 5.75. The molecule has 21 heavy (non-hydrogen) atoms. The van der Waals surface area contributed by atoms with Gasteiger partial charge in [0.25, 0.3) is 0 Å². The largest absolute Gasteiger partial charge is 0.398 e. The molecule has 0 saturated heterocycles. The van der Waals surface area contributed by atoms with E-state index in [1.54, 1.807) is 12.3 Å². The number of nitrogens with two attached hydrogens (primary N) is 1. The lowest BCUT2D eigenvalue weighted by Crippen LogP contribution is -1.98. The third-order valence-corrected chi connectivity index (χ3v) is 3.75. The Bertz CT molecular complexity index is 833. The quantitative estimate of drug-likeness (QED) is 0.657. The van der Waals surface area contributed by atoms with E-state index in [1.807, 2.05) is 25.1 Å². The summed E-state index contributed by atoms with van der Waals surface area (Å²) in [6, 6.07) is 10.2. The van der Waals surface area contributed by atoms with Gasteiger partial charge in [-0.2, -0.15) is 0 Å². The Morgan fingerprint density at radius 2 is 1.95 bits per heavy atom. The molecule has 0 radical (unpaired) electrons. The first-order valence-electron chi connectivity index (χ1n) is 6.41. The van der Waals surface area contributed by atoms with Crippen LogP contribution in [-0.2, 0) is 0 Å². The molecule has 2 aromatic carbocycles. The van der Waals surface area contributed by atoms with Gasteiger partial charge in [-0.3, -0.25) is 4.98 Å². The van der Waals surface area contributed by atoms with E-state index >= 15 is 0 Å². The van der Waals surface area contributed by atoms with Gasteiger partial charge >= 0.3 is 0 Å². The molecule has 1 aromatic heterocycles. The first kappa shape index (κ1) is 13.8. The molecule has 3 nitrogen and oxygen atoms in total. The summed E-state index contributed by atoms with van der Waals surface area (Å²) < 4.78 is 14.3. The van der Waals surface area contributed by atoms with E-state index < -0.39 is 0 Å². The number of hydrogen-bond donors (Lipinski definition) is 2. The first-order chi connectivity index (χ1) is 10.0.